The van der Waals surface area contributed by atoms with Crippen LogP contribution >= 0.6 is 0 Å². The molecule has 0 saturated carbocycles. The van der Waals surface area contributed by atoms with Crippen LogP contribution < -0.4 is 9.47 Å². The number of carbonyl (C=O) groups excluding carboxylic acids is 1. The molecule has 0 N–H and O–H groups in total. The summed E-state index contributed by atoms with van der Waals surface area (Å²) in [6.07, 6.45) is 2.18. The van der Waals surface area contributed by atoms with E-state index in [0.717, 1.165) is 49.5 Å². The molecule has 1 aromatic rings. The van der Waals surface area contributed by atoms with Gasteiger partial charge in [0.05, 0.1) is 39.5 Å². The highest BCUT2D eigenvalue weighted by atomic mass is 16.5. The molecule has 6 heteroatoms. The second kappa shape index (κ2) is 8.06. The van der Waals surface area contributed by atoms with Crippen LogP contribution in [0.15, 0.2) is 18.2 Å². The van der Waals surface area contributed by atoms with E-state index in [1.165, 1.54) is 0 Å². The van der Waals surface area contributed by atoms with Crippen LogP contribution in [0.3, 0.4) is 0 Å². The lowest BCUT2D eigenvalue weighted by molar-refractivity contribution is -0.135. The van der Waals surface area contributed by atoms with E-state index in [1.54, 1.807) is 14.2 Å². The number of methoxy groups -OCH3 is 2. The van der Waals surface area contributed by atoms with E-state index in [2.05, 4.69) is 11.8 Å². The van der Waals surface area contributed by atoms with Gasteiger partial charge < -0.3 is 19.1 Å². The maximum atomic E-state index is 12.9. The fourth-order valence-corrected chi connectivity index (χ4v) is 3.80. The lowest BCUT2D eigenvalue weighted by atomic mass is 10.0. The Hall–Kier alpha value is -1.79. The van der Waals surface area contributed by atoms with Gasteiger partial charge in [-0.2, -0.15) is 0 Å². The molecule has 0 bridgehead atoms. The first kappa shape index (κ1) is 18.0. The number of carbonyl (C=O) groups is 1. The number of ether oxygens (including phenoxy) is 3. The quantitative estimate of drug-likeness (QED) is 0.816. The first-order valence-corrected chi connectivity index (χ1v) is 8.97. The molecule has 25 heavy (non-hydrogen) atoms. The van der Waals surface area contributed by atoms with E-state index in [0.29, 0.717) is 13.2 Å². The third-order valence-electron chi connectivity index (χ3n) is 5.06. The van der Waals surface area contributed by atoms with E-state index in [-0.39, 0.29) is 18.1 Å². The standard InChI is InChI=1S/C19H28N2O4/c1-14-12-20(9-10-25-14)13-19(22)21-8-4-5-17(21)16-7-6-15(23-2)11-18(16)24-3/h6-7,11,14,17H,4-5,8-10,12-13H2,1-3H3/t14-,17-/m1/s1. The third kappa shape index (κ3) is 4.07. The maximum absolute atomic E-state index is 12.9. The second-order valence-corrected chi connectivity index (χ2v) is 6.77. The zero-order valence-corrected chi connectivity index (χ0v) is 15.4. The second-order valence-electron chi connectivity index (χ2n) is 6.77. The maximum Gasteiger partial charge on any atom is 0.237 e. The summed E-state index contributed by atoms with van der Waals surface area (Å²) in [7, 11) is 3.30. The molecule has 2 saturated heterocycles. The first-order chi connectivity index (χ1) is 12.1. The van der Waals surface area contributed by atoms with Crippen molar-refractivity contribution in [1.29, 1.82) is 0 Å². The minimum atomic E-state index is 0.0758. The zero-order valence-electron chi connectivity index (χ0n) is 15.4. The molecule has 0 unspecified atom stereocenters. The van der Waals surface area contributed by atoms with Crippen molar-refractivity contribution < 1.29 is 19.0 Å². The Balaban J connectivity index is 1.72. The van der Waals surface area contributed by atoms with Gasteiger partial charge in [-0.25, -0.2) is 0 Å². The fourth-order valence-electron chi connectivity index (χ4n) is 3.80. The monoisotopic (exact) mass is 348 g/mol. The van der Waals surface area contributed by atoms with Gasteiger partial charge in [0, 0.05) is 31.3 Å². The number of likely N-dealkylation sites (tertiary alicyclic amines) is 1. The molecule has 2 heterocycles. The van der Waals surface area contributed by atoms with Crippen molar-refractivity contribution in [2.75, 3.05) is 47.0 Å². The Kier molecular flexibility index (Phi) is 5.81. The van der Waals surface area contributed by atoms with Crippen LogP contribution in [0.1, 0.15) is 31.4 Å². The van der Waals surface area contributed by atoms with Gasteiger partial charge in [0.2, 0.25) is 5.91 Å². The van der Waals surface area contributed by atoms with E-state index in [1.807, 2.05) is 23.1 Å². The number of benzene rings is 1. The lowest BCUT2D eigenvalue weighted by Crippen LogP contribution is -2.47. The first-order valence-electron chi connectivity index (χ1n) is 8.97. The zero-order chi connectivity index (χ0) is 17.8. The smallest absolute Gasteiger partial charge is 0.237 e. The van der Waals surface area contributed by atoms with Crippen molar-refractivity contribution in [2.45, 2.75) is 31.9 Å². The Morgan fingerprint density at radius 1 is 1.28 bits per heavy atom. The summed E-state index contributed by atoms with van der Waals surface area (Å²) in [6, 6.07) is 5.92. The van der Waals surface area contributed by atoms with E-state index >= 15 is 0 Å². The van der Waals surface area contributed by atoms with Gasteiger partial charge in [0.15, 0.2) is 0 Å². The van der Waals surface area contributed by atoms with Crippen LogP contribution in [-0.4, -0.2) is 68.8 Å². The Morgan fingerprint density at radius 3 is 2.84 bits per heavy atom. The Labute approximate surface area is 149 Å². The molecule has 2 aliphatic heterocycles. The molecule has 0 aromatic heterocycles. The van der Waals surface area contributed by atoms with Crippen molar-refractivity contribution >= 4 is 5.91 Å². The normalized spacial score (nSPS) is 24.4. The molecule has 138 valence electrons. The molecule has 0 spiro atoms. The van der Waals surface area contributed by atoms with Gasteiger partial charge >= 0.3 is 0 Å². The van der Waals surface area contributed by atoms with Crippen LogP contribution in [0.2, 0.25) is 0 Å². The van der Waals surface area contributed by atoms with Crippen LogP contribution in [0.4, 0.5) is 0 Å². The summed E-state index contributed by atoms with van der Waals surface area (Å²) in [6.45, 7) is 5.65. The van der Waals surface area contributed by atoms with E-state index < -0.39 is 0 Å². The van der Waals surface area contributed by atoms with Gasteiger partial charge in [0.25, 0.3) is 0 Å². The number of amides is 1. The Bertz CT molecular complexity index is 607. The molecule has 2 aliphatic rings. The van der Waals surface area contributed by atoms with Crippen LogP contribution in [-0.2, 0) is 9.53 Å². The number of rotatable bonds is 5. The van der Waals surface area contributed by atoms with Crippen molar-refractivity contribution in [3.63, 3.8) is 0 Å². The van der Waals surface area contributed by atoms with Gasteiger partial charge in [-0.3, -0.25) is 9.69 Å². The minimum absolute atomic E-state index is 0.0758. The van der Waals surface area contributed by atoms with Gasteiger partial charge in [-0.15, -0.1) is 0 Å². The number of hydrogen-bond acceptors (Lipinski definition) is 5. The molecule has 1 aromatic carbocycles. The summed E-state index contributed by atoms with van der Waals surface area (Å²) in [5, 5.41) is 0. The minimum Gasteiger partial charge on any atom is -0.497 e. The van der Waals surface area contributed by atoms with E-state index in [4.69, 9.17) is 14.2 Å². The molecule has 0 radical (unpaired) electrons. The van der Waals surface area contributed by atoms with Crippen LogP contribution in [0.5, 0.6) is 11.5 Å². The van der Waals surface area contributed by atoms with Gasteiger partial charge in [-0.05, 0) is 31.9 Å². The van der Waals surface area contributed by atoms with Crippen molar-refractivity contribution in [1.82, 2.24) is 9.80 Å². The molecule has 0 aliphatic carbocycles. The number of morpholine rings is 1. The van der Waals surface area contributed by atoms with Crippen molar-refractivity contribution in [3.8, 4) is 11.5 Å². The summed E-state index contributed by atoms with van der Waals surface area (Å²) < 4.78 is 16.4. The van der Waals surface area contributed by atoms with Crippen molar-refractivity contribution in [2.24, 2.45) is 0 Å². The molecular weight excluding hydrogens is 320 g/mol. The lowest BCUT2D eigenvalue weighted by Gasteiger charge is -2.33. The van der Waals surface area contributed by atoms with Crippen molar-refractivity contribution in [3.05, 3.63) is 23.8 Å². The summed E-state index contributed by atoms with van der Waals surface area (Å²) in [5.41, 5.74) is 1.06. The predicted molar refractivity (Wildman–Crippen MR) is 95.1 cm³/mol. The molecule has 2 fully saturated rings. The predicted octanol–water partition coefficient (Wildman–Crippen LogP) is 2.09. The largest absolute Gasteiger partial charge is 0.497 e. The van der Waals surface area contributed by atoms with Gasteiger partial charge in [0.1, 0.15) is 11.5 Å². The molecular formula is C19H28N2O4. The summed E-state index contributed by atoms with van der Waals surface area (Å²) in [4.78, 5) is 17.1. The average Bonchev–Trinajstić information content (AvgIpc) is 3.10. The highest BCUT2D eigenvalue weighted by Crippen LogP contribution is 2.38. The molecule has 2 atom stereocenters. The SMILES string of the molecule is COc1ccc([C@H]2CCCN2C(=O)CN2CCO[C@H](C)C2)c(OC)c1. The van der Waals surface area contributed by atoms with E-state index in [9.17, 15) is 4.79 Å². The number of nitrogens with zero attached hydrogens (tertiary/aromatic N) is 2. The Morgan fingerprint density at radius 2 is 2.12 bits per heavy atom. The van der Waals surface area contributed by atoms with Gasteiger partial charge in [-0.1, -0.05) is 0 Å². The molecule has 1 amide bonds. The third-order valence-corrected chi connectivity index (χ3v) is 5.06. The fraction of sp³-hybridized carbons (Fsp3) is 0.632. The number of hydrogen-bond donors (Lipinski definition) is 0. The highest BCUT2D eigenvalue weighted by Gasteiger charge is 2.33. The average molecular weight is 348 g/mol. The van der Waals surface area contributed by atoms with Crippen LogP contribution in [0, 0.1) is 0 Å². The molecule has 6 nitrogen and oxygen atoms in total. The highest BCUT2D eigenvalue weighted by molar-refractivity contribution is 5.79. The topological polar surface area (TPSA) is 51.2 Å². The summed E-state index contributed by atoms with van der Waals surface area (Å²) >= 11 is 0. The summed E-state index contributed by atoms with van der Waals surface area (Å²) in [5.74, 6) is 1.73. The van der Waals surface area contributed by atoms with Crippen LogP contribution in [0.25, 0.3) is 0 Å². The molecule has 3 rings (SSSR count).